The minimum absolute atomic E-state index is 1.05. The molecule has 2 rings (SSSR count). The second kappa shape index (κ2) is 2.83. The topological polar surface area (TPSA) is 25.8 Å². The maximum atomic E-state index is 4.28. The number of pyridine rings is 1. The van der Waals surface area contributed by atoms with E-state index < -0.39 is 0 Å². The molecule has 0 unspecified atom stereocenters. The summed E-state index contributed by atoms with van der Waals surface area (Å²) in [6.07, 6.45) is 2.91. The molecule has 0 bridgehead atoms. The Bertz CT molecular complexity index is 406. The molecular formula is C9H10N2S. The molecule has 0 aliphatic carbocycles. The highest BCUT2D eigenvalue weighted by atomic mass is 32.1. The van der Waals surface area contributed by atoms with Crippen LogP contribution in [0, 0.1) is 6.92 Å². The Balaban J connectivity index is 2.84. The first-order chi connectivity index (χ1) is 5.83. The molecule has 0 aliphatic rings. The van der Waals surface area contributed by atoms with Gasteiger partial charge in [0.1, 0.15) is 4.83 Å². The van der Waals surface area contributed by atoms with Gasteiger partial charge >= 0.3 is 0 Å². The predicted octanol–water partition coefficient (Wildman–Crippen LogP) is 2.56. The molecule has 2 nitrogen and oxygen atoms in total. The zero-order valence-electron chi connectivity index (χ0n) is 7.16. The molecule has 0 amide bonds. The Labute approximate surface area is 75.4 Å². The number of nitrogens with zero attached hydrogens (tertiary/aromatic N) is 2. The highest BCUT2D eigenvalue weighted by Gasteiger charge is 2.05. The maximum Gasteiger partial charge on any atom is 0.143 e. The van der Waals surface area contributed by atoms with Gasteiger partial charge in [0.2, 0.25) is 0 Å². The zero-order chi connectivity index (χ0) is 8.55. The Morgan fingerprint density at radius 2 is 2.33 bits per heavy atom. The first kappa shape index (κ1) is 7.68. The maximum absolute atomic E-state index is 4.28. The van der Waals surface area contributed by atoms with E-state index in [4.69, 9.17) is 0 Å². The Morgan fingerprint density at radius 1 is 1.50 bits per heavy atom. The van der Waals surface area contributed by atoms with Crippen molar-refractivity contribution in [2.75, 3.05) is 0 Å². The van der Waals surface area contributed by atoms with Crippen LogP contribution in [-0.2, 0) is 6.42 Å². The van der Waals surface area contributed by atoms with Crippen LogP contribution in [0.25, 0.3) is 10.2 Å². The second-order valence-corrected chi connectivity index (χ2v) is 3.52. The average molecular weight is 178 g/mol. The number of rotatable bonds is 1. The van der Waals surface area contributed by atoms with E-state index in [2.05, 4.69) is 22.3 Å². The monoisotopic (exact) mass is 178 g/mol. The highest BCUT2D eigenvalue weighted by Crippen LogP contribution is 2.23. The standard InChI is InChI=1S/C9H10N2S/c1-3-7-4-5-10-9-8(7)6(2)11-12-9/h4-5H,3H2,1-2H3. The molecule has 0 radical (unpaired) electrons. The van der Waals surface area contributed by atoms with E-state index in [1.54, 1.807) is 0 Å². The summed E-state index contributed by atoms with van der Waals surface area (Å²) in [7, 11) is 0. The molecule has 62 valence electrons. The quantitative estimate of drug-likeness (QED) is 0.670. The van der Waals surface area contributed by atoms with Crippen LogP contribution in [0.5, 0.6) is 0 Å². The smallest absolute Gasteiger partial charge is 0.143 e. The minimum Gasteiger partial charge on any atom is -0.244 e. The molecule has 0 spiro atoms. The fourth-order valence-electron chi connectivity index (χ4n) is 1.39. The lowest BCUT2D eigenvalue weighted by atomic mass is 10.1. The molecule has 0 aromatic carbocycles. The normalized spacial score (nSPS) is 10.8. The molecule has 0 atom stereocenters. The number of hydrogen-bond acceptors (Lipinski definition) is 3. The lowest BCUT2D eigenvalue weighted by molar-refractivity contribution is 1.14. The first-order valence-corrected chi connectivity index (χ1v) is 4.80. The summed E-state index contributed by atoms with van der Waals surface area (Å²) < 4.78 is 4.28. The van der Waals surface area contributed by atoms with Crippen molar-refractivity contribution in [3.63, 3.8) is 0 Å². The number of fused-ring (bicyclic) bond motifs is 1. The van der Waals surface area contributed by atoms with Crippen molar-refractivity contribution in [2.24, 2.45) is 0 Å². The minimum atomic E-state index is 1.05. The molecule has 2 aromatic heterocycles. The molecule has 0 aliphatic heterocycles. The van der Waals surface area contributed by atoms with Gasteiger partial charge in [-0.05, 0) is 36.5 Å². The summed E-state index contributed by atoms with van der Waals surface area (Å²) in [5.74, 6) is 0. The van der Waals surface area contributed by atoms with Crippen molar-refractivity contribution in [1.82, 2.24) is 9.36 Å². The summed E-state index contributed by atoms with van der Waals surface area (Å²) in [6.45, 7) is 4.20. The predicted molar refractivity (Wildman–Crippen MR) is 51.5 cm³/mol. The number of hydrogen-bond donors (Lipinski definition) is 0. The van der Waals surface area contributed by atoms with Crippen molar-refractivity contribution in [2.45, 2.75) is 20.3 Å². The largest absolute Gasteiger partial charge is 0.244 e. The number of aryl methyl sites for hydroxylation is 2. The van der Waals surface area contributed by atoms with Crippen LogP contribution >= 0.6 is 11.5 Å². The summed E-state index contributed by atoms with van der Waals surface area (Å²) in [4.78, 5) is 5.33. The third-order valence-electron chi connectivity index (χ3n) is 2.01. The Morgan fingerprint density at radius 3 is 3.08 bits per heavy atom. The Hall–Kier alpha value is -0.960. The van der Waals surface area contributed by atoms with Crippen molar-refractivity contribution < 1.29 is 0 Å². The third-order valence-corrected chi connectivity index (χ3v) is 2.86. The van der Waals surface area contributed by atoms with Gasteiger partial charge in [0, 0.05) is 11.6 Å². The molecule has 2 heterocycles. The summed E-state index contributed by atoms with van der Waals surface area (Å²) >= 11 is 1.48. The molecule has 3 heteroatoms. The lowest BCUT2D eigenvalue weighted by Crippen LogP contribution is -1.84. The summed E-state index contributed by atoms with van der Waals surface area (Å²) in [6, 6.07) is 2.07. The molecule has 12 heavy (non-hydrogen) atoms. The van der Waals surface area contributed by atoms with Gasteiger partial charge in [0.05, 0.1) is 5.69 Å². The van der Waals surface area contributed by atoms with E-state index in [0.29, 0.717) is 0 Å². The van der Waals surface area contributed by atoms with Gasteiger partial charge < -0.3 is 0 Å². The zero-order valence-corrected chi connectivity index (χ0v) is 7.98. The Kier molecular flexibility index (Phi) is 1.81. The summed E-state index contributed by atoms with van der Waals surface area (Å²) in [5.41, 5.74) is 2.46. The SMILES string of the molecule is CCc1ccnc2snc(C)c12. The summed E-state index contributed by atoms with van der Waals surface area (Å²) in [5, 5.41) is 1.25. The van der Waals surface area contributed by atoms with Crippen LogP contribution in [0.1, 0.15) is 18.2 Å². The molecule has 0 saturated heterocycles. The molecule has 2 aromatic rings. The van der Waals surface area contributed by atoms with E-state index in [9.17, 15) is 0 Å². The fourth-order valence-corrected chi connectivity index (χ4v) is 2.18. The van der Waals surface area contributed by atoms with Gasteiger partial charge in [-0.1, -0.05) is 6.92 Å². The van der Waals surface area contributed by atoms with Crippen LogP contribution < -0.4 is 0 Å². The third kappa shape index (κ3) is 1.01. The van der Waals surface area contributed by atoms with Gasteiger partial charge in [0.15, 0.2) is 0 Å². The van der Waals surface area contributed by atoms with Crippen LogP contribution in [0.4, 0.5) is 0 Å². The molecule has 0 fully saturated rings. The van der Waals surface area contributed by atoms with Crippen molar-refractivity contribution >= 4 is 21.7 Å². The van der Waals surface area contributed by atoms with Crippen LogP contribution in [0.2, 0.25) is 0 Å². The average Bonchev–Trinajstić information content (AvgIpc) is 2.48. The lowest BCUT2D eigenvalue weighted by Gasteiger charge is -1.97. The van der Waals surface area contributed by atoms with Gasteiger partial charge in [-0.25, -0.2) is 4.98 Å². The second-order valence-electron chi connectivity index (χ2n) is 2.77. The van der Waals surface area contributed by atoms with Gasteiger partial charge in [0.25, 0.3) is 0 Å². The fraction of sp³-hybridized carbons (Fsp3) is 0.333. The molecular weight excluding hydrogens is 168 g/mol. The first-order valence-electron chi connectivity index (χ1n) is 4.02. The van der Waals surface area contributed by atoms with E-state index in [1.165, 1.54) is 22.5 Å². The highest BCUT2D eigenvalue weighted by molar-refractivity contribution is 7.12. The molecule has 0 N–H and O–H groups in total. The van der Waals surface area contributed by atoms with Crippen LogP contribution in [-0.4, -0.2) is 9.36 Å². The van der Waals surface area contributed by atoms with Gasteiger partial charge in [-0.15, -0.1) is 0 Å². The van der Waals surface area contributed by atoms with Gasteiger partial charge in [-0.3, -0.25) is 0 Å². The van der Waals surface area contributed by atoms with E-state index in [-0.39, 0.29) is 0 Å². The van der Waals surface area contributed by atoms with E-state index in [1.807, 2.05) is 13.1 Å². The van der Waals surface area contributed by atoms with E-state index in [0.717, 1.165) is 16.9 Å². The van der Waals surface area contributed by atoms with E-state index >= 15 is 0 Å². The number of aromatic nitrogens is 2. The molecule has 0 saturated carbocycles. The van der Waals surface area contributed by atoms with Crippen molar-refractivity contribution in [1.29, 1.82) is 0 Å². The van der Waals surface area contributed by atoms with Crippen LogP contribution in [0.15, 0.2) is 12.3 Å². The van der Waals surface area contributed by atoms with Gasteiger partial charge in [-0.2, -0.15) is 4.37 Å². The van der Waals surface area contributed by atoms with Crippen molar-refractivity contribution in [3.05, 3.63) is 23.5 Å². The van der Waals surface area contributed by atoms with Crippen LogP contribution in [0.3, 0.4) is 0 Å². The van der Waals surface area contributed by atoms with Crippen molar-refractivity contribution in [3.8, 4) is 0 Å².